The van der Waals surface area contributed by atoms with Crippen molar-refractivity contribution in [3.8, 4) is 0 Å². The molecule has 2 aliphatic rings. The van der Waals surface area contributed by atoms with E-state index in [0.29, 0.717) is 6.42 Å². The average molecular weight is 181 g/mol. The molecule has 0 amide bonds. The molecule has 0 aromatic rings. The van der Waals surface area contributed by atoms with Crippen LogP contribution in [0.5, 0.6) is 0 Å². The van der Waals surface area contributed by atoms with Gasteiger partial charge < -0.3 is 5.11 Å². The highest BCUT2D eigenvalue weighted by atomic mass is 16.4. The van der Waals surface area contributed by atoms with Crippen LogP contribution in [0.25, 0.3) is 0 Å². The third kappa shape index (κ3) is 1.48. The lowest BCUT2D eigenvalue weighted by atomic mass is 9.73. The van der Waals surface area contributed by atoms with E-state index in [1.807, 2.05) is 0 Å². The number of rotatable bonds is 3. The molecule has 72 valence electrons. The van der Waals surface area contributed by atoms with Crippen molar-refractivity contribution in [1.82, 2.24) is 4.90 Å². The van der Waals surface area contributed by atoms with Crippen LogP contribution in [0.15, 0.2) is 12.2 Å². The Morgan fingerprint density at radius 2 is 2.00 bits per heavy atom. The molecule has 0 saturated heterocycles. The van der Waals surface area contributed by atoms with E-state index in [1.165, 1.54) is 6.42 Å². The zero-order valence-corrected chi connectivity index (χ0v) is 7.70. The second-order valence-corrected chi connectivity index (χ2v) is 4.02. The van der Waals surface area contributed by atoms with Crippen LogP contribution in [0, 0.1) is 0 Å². The van der Waals surface area contributed by atoms with Crippen LogP contribution in [0.3, 0.4) is 0 Å². The molecule has 0 unspecified atom stereocenters. The standard InChI is InChI=1S/C10H15NO2/c12-9(13)8-10(4-3-5-10)11-6-1-2-7-11/h1-2H,3-8H2,(H,12,13). The predicted molar refractivity (Wildman–Crippen MR) is 49.5 cm³/mol. The number of carbonyl (C=O) groups is 1. The summed E-state index contributed by atoms with van der Waals surface area (Å²) >= 11 is 0. The number of nitrogens with zero attached hydrogens (tertiary/aromatic N) is 1. The van der Waals surface area contributed by atoms with E-state index in [4.69, 9.17) is 5.11 Å². The number of hydrogen-bond acceptors (Lipinski definition) is 2. The van der Waals surface area contributed by atoms with E-state index >= 15 is 0 Å². The fourth-order valence-electron chi connectivity index (χ4n) is 2.34. The first-order valence-corrected chi connectivity index (χ1v) is 4.85. The summed E-state index contributed by atoms with van der Waals surface area (Å²) in [6, 6.07) is 0. The van der Waals surface area contributed by atoms with Gasteiger partial charge in [0.05, 0.1) is 6.42 Å². The largest absolute Gasteiger partial charge is 0.481 e. The predicted octanol–water partition coefficient (Wildman–Crippen LogP) is 1.26. The molecule has 2 rings (SSSR count). The highest BCUT2D eigenvalue weighted by molar-refractivity contribution is 5.68. The summed E-state index contributed by atoms with van der Waals surface area (Å²) in [5, 5.41) is 8.83. The van der Waals surface area contributed by atoms with Crippen LogP contribution < -0.4 is 0 Å². The zero-order chi connectivity index (χ0) is 9.31. The van der Waals surface area contributed by atoms with Crippen LogP contribution >= 0.6 is 0 Å². The van der Waals surface area contributed by atoms with Gasteiger partial charge in [0.1, 0.15) is 0 Å². The molecule has 1 heterocycles. The minimum atomic E-state index is -0.661. The molecule has 0 aromatic heterocycles. The molecule has 0 atom stereocenters. The molecule has 1 saturated carbocycles. The smallest absolute Gasteiger partial charge is 0.305 e. The van der Waals surface area contributed by atoms with Gasteiger partial charge in [0.2, 0.25) is 0 Å². The lowest BCUT2D eigenvalue weighted by Gasteiger charge is -2.48. The molecule has 3 nitrogen and oxygen atoms in total. The van der Waals surface area contributed by atoms with E-state index in [0.717, 1.165) is 25.9 Å². The molecular weight excluding hydrogens is 166 g/mol. The summed E-state index contributed by atoms with van der Waals surface area (Å²) in [5.41, 5.74) is -0.00463. The van der Waals surface area contributed by atoms with Crippen molar-refractivity contribution in [2.75, 3.05) is 13.1 Å². The highest BCUT2D eigenvalue weighted by Crippen LogP contribution is 2.41. The number of aliphatic carboxylic acids is 1. The first-order valence-electron chi connectivity index (χ1n) is 4.85. The van der Waals surface area contributed by atoms with Crippen molar-refractivity contribution in [1.29, 1.82) is 0 Å². The third-order valence-corrected chi connectivity index (χ3v) is 3.25. The Kier molecular flexibility index (Phi) is 2.12. The molecule has 0 spiro atoms. The van der Waals surface area contributed by atoms with Crippen LogP contribution in [0.2, 0.25) is 0 Å². The summed E-state index contributed by atoms with van der Waals surface area (Å²) in [7, 11) is 0. The Morgan fingerprint density at radius 1 is 1.38 bits per heavy atom. The second-order valence-electron chi connectivity index (χ2n) is 4.02. The fourth-order valence-corrected chi connectivity index (χ4v) is 2.34. The monoisotopic (exact) mass is 181 g/mol. The topological polar surface area (TPSA) is 40.5 Å². The summed E-state index contributed by atoms with van der Waals surface area (Å²) in [6.07, 6.45) is 7.87. The molecular formula is C10H15NO2. The van der Waals surface area contributed by atoms with E-state index < -0.39 is 5.97 Å². The summed E-state index contributed by atoms with van der Waals surface area (Å²) in [6.45, 7) is 1.88. The lowest BCUT2D eigenvalue weighted by Crippen LogP contribution is -2.53. The molecule has 1 fully saturated rings. The maximum absolute atomic E-state index is 10.7. The van der Waals surface area contributed by atoms with Crippen molar-refractivity contribution >= 4 is 5.97 Å². The molecule has 1 aliphatic carbocycles. The minimum absolute atomic E-state index is 0.00463. The third-order valence-electron chi connectivity index (χ3n) is 3.25. The molecule has 1 N–H and O–H groups in total. The van der Waals surface area contributed by atoms with E-state index in [-0.39, 0.29) is 5.54 Å². The Balaban J connectivity index is 2.01. The van der Waals surface area contributed by atoms with Crippen LogP contribution in [0.4, 0.5) is 0 Å². The van der Waals surface area contributed by atoms with Gasteiger partial charge in [0, 0.05) is 18.6 Å². The van der Waals surface area contributed by atoms with Crippen molar-refractivity contribution in [2.45, 2.75) is 31.2 Å². The van der Waals surface area contributed by atoms with Crippen LogP contribution in [-0.4, -0.2) is 34.6 Å². The molecule has 0 radical (unpaired) electrons. The summed E-state index contributed by atoms with van der Waals surface area (Å²) in [4.78, 5) is 13.0. The van der Waals surface area contributed by atoms with Gasteiger partial charge in [0.15, 0.2) is 0 Å². The SMILES string of the molecule is O=C(O)CC1(N2CC=CC2)CCC1. The zero-order valence-electron chi connectivity index (χ0n) is 7.70. The molecule has 0 bridgehead atoms. The summed E-state index contributed by atoms with van der Waals surface area (Å²) in [5.74, 6) is -0.661. The van der Waals surface area contributed by atoms with Gasteiger partial charge in [-0.25, -0.2) is 0 Å². The maximum Gasteiger partial charge on any atom is 0.305 e. The van der Waals surface area contributed by atoms with Crippen LogP contribution in [-0.2, 0) is 4.79 Å². The number of hydrogen-bond donors (Lipinski definition) is 1. The minimum Gasteiger partial charge on any atom is -0.481 e. The van der Waals surface area contributed by atoms with Crippen molar-refractivity contribution in [3.63, 3.8) is 0 Å². The van der Waals surface area contributed by atoms with Gasteiger partial charge in [-0.15, -0.1) is 0 Å². The Hall–Kier alpha value is -0.830. The van der Waals surface area contributed by atoms with Gasteiger partial charge in [-0.05, 0) is 19.3 Å². The Bertz CT molecular complexity index is 235. The normalized spacial score (nSPS) is 25.8. The number of carboxylic acids is 1. The molecule has 3 heteroatoms. The van der Waals surface area contributed by atoms with E-state index in [1.54, 1.807) is 0 Å². The number of carboxylic acid groups (broad SMARTS) is 1. The quantitative estimate of drug-likeness (QED) is 0.666. The summed E-state index contributed by atoms with van der Waals surface area (Å²) < 4.78 is 0. The Morgan fingerprint density at radius 3 is 2.38 bits per heavy atom. The highest BCUT2D eigenvalue weighted by Gasteiger charge is 2.43. The lowest BCUT2D eigenvalue weighted by molar-refractivity contribution is -0.142. The van der Waals surface area contributed by atoms with Gasteiger partial charge in [0.25, 0.3) is 0 Å². The first-order chi connectivity index (χ1) is 6.23. The van der Waals surface area contributed by atoms with Gasteiger partial charge in [-0.2, -0.15) is 0 Å². The van der Waals surface area contributed by atoms with Crippen molar-refractivity contribution in [2.24, 2.45) is 0 Å². The molecule has 1 aliphatic heterocycles. The molecule has 0 aromatic carbocycles. The first kappa shape index (κ1) is 8.75. The maximum atomic E-state index is 10.7. The average Bonchev–Trinajstić information content (AvgIpc) is 2.48. The van der Waals surface area contributed by atoms with Gasteiger partial charge in [-0.1, -0.05) is 12.2 Å². The van der Waals surface area contributed by atoms with Crippen LogP contribution in [0.1, 0.15) is 25.7 Å². The van der Waals surface area contributed by atoms with E-state index in [9.17, 15) is 4.79 Å². The van der Waals surface area contributed by atoms with Gasteiger partial charge in [-0.3, -0.25) is 9.69 Å². The second kappa shape index (κ2) is 3.14. The Labute approximate surface area is 78.0 Å². The van der Waals surface area contributed by atoms with Crippen molar-refractivity contribution in [3.05, 3.63) is 12.2 Å². The van der Waals surface area contributed by atoms with Crippen molar-refractivity contribution < 1.29 is 9.90 Å². The van der Waals surface area contributed by atoms with Gasteiger partial charge >= 0.3 is 5.97 Å². The molecule has 13 heavy (non-hydrogen) atoms. The fraction of sp³-hybridized carbons (Fsp3) is 0.700. The van der Waals surface area contributed by atoms with E-state index in [2.05, 4.69) is 17.1 Å².